The second-order valence-corrected chi connectivity index (χ2v) is 6.52. The largest absolute Gasteiger partial charge is 0.497 e. The van der Waals surface area contributed by atoms with Crippen LogP contribution in [0.15, 0.2) is 36.4 Å². The number of aromatic nitrogens is 1. The molecule has 0 amide bonds. The number of para-hydroxylation sites is 1. The fourth-order valence-electron chi connectivity index (χ4n) is 3.45. The average molecular weight is 392 g/mol. The number of benzene rings is 2. The first-order valence-electron chi connectivity index (χ1n) is 9.04. The molecule has 2 aromatic carbocycles. The number of H-pyrrole nitrogens is 1. The van der Waals surface area contributed by atoms with Crippen molar-refractivity contribution < 1.29 is 22.6 Å². The Balaban J connectivity index is 2.28. The maximum absolute atomic E-state index is 13.6. The van der Waals surface area contributed by atoms with Gasteiger partial charge in [-0.05, 0) is 55.6 Å². The Morgan fingerprint density at radius 3 is 2.46 bits per heavy atom. The molecule has 0 saturated heterocycles. The molecule has 28 heavy (non-hydrogen) atoms. The molecule has 150 valence electrons. The van der Waals surface area contributed by atoms with Gasteiger partial charge in [0.25, 0.3) is 0 Å². The Kier molecular flexibility index (Phi) is 5.84. The van der Waals surface area contributed by atoms with E-state index in [0.29, 0.717) is 41.1 Å². The van der Waals surface area contributed by atoms with Crippen molar-refractivity contribution >= 4 is 10.9 Å². The van der Waals surface area contributed by atoms with E-state index in [0.717, 1.165) is 24.5 Å². The molecule has 1 heterocycles. The van der Waals surface area contributed by atoms with Gasteiger partial charge >= 0.3 is 6.18 Å². The van der Waals surface area contributed by atoms with Gasteiger partial charge in [-0.2, -0.15) is 13.2 Å². The molecule has 3 aromatic rings. The summed E-state index contributed by atoms with van der Waals surface area (Å²) in [7, 11) is 3.07. The monoisotopic (exact) mass is 392 g/mol. The summed E-state index contributed by atoms with van der Waals surface area (Å²) in [5.41, 5.74) is 7.09. The molecule has 0 saturated carbocycles. The normalized spacial score (nSPS) is 11.8. The molecule has 4 nitrogen and oxygen atoms in total. The summed E-state index contributed by atoms with van der Waals surface area (Å²) < 4.78 is 51.4. The number of aromatic amines is 1. The van der Waals surface area contributed by atoms with Crippen LogP contribution in [0.3, 0.4) is 0 Å². The second-order valence-electron chi connectivity index (χ2n) is 6.52. The van der Waals surface area contributed by atoms with Crippen LogP contribution < -0.4 is 15.2 Å². The van der Waals surface area contributed by atoms with Gasteiger partial charge in [0.1, 0.15) is 11.5 Å². The first kappa shape index (κ1) is 20.1. The van der Waals surface area contributed by atoms with Crippen LogP contribution in [0.1, 0.15) is 24.0 Å². The van der Waals surface area contributed by atoms with Crippen molar-refractivity contribution in [1.29, 1.82) is 0 Å². The van der Waals surface area contributed by atoms with Gasteiger partial charge in [-0.15, -0.1) is 0 Å². The number of hydrogen-bond acceptors (Lipinski definition) is 3. The Morgan fingerprint density at radius 2 is 1.82 bits per heavy atom. The summed E-state index contributed by atoms with van der Waals surface area (Å²) in [4.78, 5) is 3.02. The zero-order valence-corrected chi connectivity index (χ0v) is 15.8. The van der Waals surface area contributed by atoms with Crippen molar-refractivity contribution in [1.82, 2.24) is 4.98 Å². The highest BCUT2D eigenvalue weighted by molar-refractivity contribution is 5.94. The summed E-state index contributed by atoms with van der Waals surface area (Å²) in [6.45, 7) is 0.536. The van der Waals surface area contributed by atoms with Crippen LogP contribution in [-0.4, -0.2) is 25.7 Å². The lowest BCUT2D eigenvalue weighted by molar-refractivity contribution is -0.136. The van der Waals surface area contributed by atoms with Crippen LogP contribution in [0.5, 0.6) is 11.5 Å². The number of aryl methyl sites for hydroxylation is 1. The minimum absolute atomic E-state index is 0.0811. The number of halogens is 3. The van der Waals surface area contributed by atoms with Crippen LogP contribution in [0, 0.1) is 0 Å². The van der Waals surface area contributed by atoms with Gasteiger partial charge in [-0.25, -0.2) is 0 Å². The van der Waals surface area contributed by atoms with E-state index in [4.69, 9.17) is 15.2 Å². The summed E-state index contributed by atoms with van der Waals surface area (Å²) >= 11 is 0. The van der Waals surface area contributed by atoms with Crippen LogP contribution in [-0.2, 0) is 12.6 Å². The molecule has 0 unspecified atom stereocenters. The highest BCUT2D eigenvalue weighted by atomic mass is 19.4. The average Bonchev–Trinajstić information content (AvgIpc) is 3.05. The smallest absolute Gasteiger partial charge is 0.418 e. The molecule has 0 radical (unpaired) electrons. The Hall–Kier alpha value is -2.67. The third-order valence-corrected chi connectivity index (χ3v) is 4.80. The first-order valence-corrected chi connectivity index (χ1v) is 9.04. The molecular weight excluding hydrogens is 369 g/mol. The minimum Gasteiger partial charge on any atom is -0.497 e. The van der Waals surface area contributed by atoms with E-state index in [-0.39, 0.29) is 5.52 Å². The fourth-order valence-corrected chi connectivity index (χ4v) is 3.45. The van der Waals surface area contributed by atoms with E-state index in [1.54, 1.807) is 31.4 Å². The summed E-state index contributed by atoms with van der Waals surface area (Å²) in [6.07, 6.45) is -2.28. The number of nitrogens with two attached hydrogens (primary N) is 1. The van der Waals surface area contributed by atoms with Crippen molar-refractivity contribution in [3.8, 4) is 22.8 Å². The Morgan fingerprint density at radius 1 is 1.04 bits per heavy atom. The number of alkyl halides is 3. The van der Waals surface area contributed by atoms with Gasteiger partial charge in [0.2, 0.25) is 0 Å². The highest BCUT2D eigenvalue weighted by Gasteiger charge is 2.34. The molecule has 1 aromatic heterocycles. The van der Waals surface area contributed by atoms with Crippen LogP contribution in [0.2, 0.25) is 0 Å². The molecule has 0 aliphatic carbocycles. The molecule has 3 rings (SSSR count). The second kappa shape index (κ2) is 8.14. The minimum atomic E-state index is -4.45. The van der Waals surface area contributed by atoms with Gasteiger partial charge in [0.05, 0.1) is 31.0 Å². The molecule has 0 aliphatic heterocycles. The third kappa shape index (κ3) is 3.80. The maximum Gasteiger partial charge on any atom is 0.418 e. The summed E-state index contributed by atoms with van der Waals surface area (Å²) in [5, 5.41) is 0.562. The topological polar surface area (TPSA) is 60.3 Å². The van der Waals surface area contributed by atoms with Crippen molar-refractivity contribution in [2.45, 2.75) is 25.4 Å². The summed E-state index contributed by atoms with van der Waals surface area (Å²) in [5.74, 6) is 1.15. The van der Waals surface area contributed by atoms with E-state index in [1.807, 2.05) is 0 Å². The van der Waals surface area contributed by atoms with Gasteiger partial charge < -0.3 is 20.2 Å². The molecule has 0 fully saturated rings. The van der Waals surface area contributed by atoms with E-state index in [9.17, 15) is 13.2 Å². The van der Waals surface area contributed by atoms with Gasteiger partial charge in [-0.3, -0.25) is 0 Å². The van der Waals surface area contributed by atoms with Gasteiger partial charge in [-0.1, -0.05) is 12.1 Å². The number of unbranched alkanes of at least 4 members (excludes halogenated alkanes) is 1. The number of fused-ring (bicyclic) bond motifs is 1. The predicted octanol–water partition coefficient (Wildman–Crippen LogP) is 5.15. The number of ether oxygens (including phenoxy) is 2. The molecule has 3 N–H and O–H groups in total. The van der Waals surface area contributed by atoms with Crippen LogP contribution in [0.25, 0.3) is 22.2 Å². The standard InChI is InChI=1S/C21H23F3N2O2/c1-27-13-9-10-18(28-2)16(12-13)19-14(6-3-4-11-25)15-7-5-8-17(20(15)26-19)21(22,23)24/h5,7-10,12,26H,3-4,6,11,25H2,1-2H3. The zero-order chi connectivity index (χ0) is 20.3. The van der Waals surface area contributed by atoms with E-state index in [1.165, 1.54) is 13.2 Å². The summed E-state index contributed by atoms with van der Waals surface area (Å²) in [6, 6.07) is 9.51. The number of nitrogens with one attached hydrogen (secondary N) is 1. The lowest BCUT2D eigenvalue weighted by Crippen LogP contribution is -2.05. The molecule has 0 bridgehead atoms. The van der Waals surface area contributed by atoms with E-state index < -0.39 is 11.7 Å². The van der Waals surface area contributed by atoms with Crippen LogP contribution >= 0.6 is 0 Å². The maximum atomic E-state index is 13.6. The quantitative estimate of drug-likeness (QED) is 0.547. The van der Waals surface area contributed by atoms with E-state index >= 15 is 0 Å². The first-order chi connectivity index (χ1) is 13.4. The van der Waals surface area contributed by atoms with Gasteiger partial charge in [0.15, 0.2) is 0 Å². The molecule has 0 atom stereocenters. The van der Waals surface area contributed by atoms with E-state index in [2.05, 4.69) is 4.98 Å². The lowest BCUT2D eigenvalue weighted by atomic mass is 9.98. The molecule has 0 aliphatic rings. The van der Waals surface area contributed by atoms with Crippen molar-refractivity contribution in [2.24, 2.45) is 5.73 Å². The lowest BCUT2D eigenvalue weighted by Gasteiger charge is -2.11. The number of rotatable bonds is 7. The highest BCUT2D eigenvalue weighted by Crippen LogP contribution is 2.42. The van der Waals surface area contributed by atoms with Crippen LogP contribution in [0.4, 0.5) is 13.2 Å². The van der Waals surface area contributed by atoms with Crippen molar-refractivity contribution in [3.05, 3.63) is 47.5 Å². The SMILES string of the molecule is COc1ccc(OC)c(-c2[nH]c3c(C(F)(F)F)cccc3c2CCCCN)c1. The Bertz CT molecular complexity index is 964. The van der Waals surface area contributed by atoms with Gasteiger partial charge in [0, 0.05) is 10.9 Å². The zero-order valence-electron chi connectivity index (χ0n) is 15.8. The predicted molar refractivity (Wildman–Crippen MR) is 104 cm³/mol. The Labute approximate surface area is 161 Å². The molecule has 7 heteroatoms. The molecular formula is C21H23F3N2O2. The number of hydrogen-bond donors (Lipinski definition) is 2. The fraction of sp³-hybridized carbons (Fsp3) is 0.333. The van der Waals surface area contributed by atoms with Crippen molar-refractivity contribution in [3.63, 3.8) is 0 Å². The number of methoxy groups -OCH3 is 2. The van der Waals surface area contributed by atoms with Crippen molar-refractivity contribution in [2.75, 3.05) is 20.8 Å². The third-order valence-electron chi connectivity index (χ3n) is 4.80. The molecule has 0 spiro atoms.